The minimum absolute atomic E-state index is 0.180. The number of rotatable bonds is 7. The van der Waals surface area contributed by atoms with Crippen LogP contribution < -0.4 is 10.0 Å². The number of aryl methyl sites for hydroxylation is 1. The van der Waals surface area contributed by atoms with Gasteiger partial charge >= 0.3 is 0 Å². The summed E-state index contributed by atoms with van der Waals surface area (Å²) in [6.07, 6.45) is 5.00. The molecule has 0 radical (unpaired) electrons. The van der Waals surface area contributed by atoms with Crippen LogP contribution in [0.1, 0.15) is 18.9 Å². The number of aromatic nitrogens is 3. The maximum atomic E-state index is 15.1. The number of hydrogen-bond acceptors (Lipinski definition) is 6. The molecule has 4 rings (SSSR count). The Balaban J connectivity index is 1.79. The van der Waals surface area contributed by atoms with Crippen molar-refractivity contribution < 1.29 is 17.2 Å². The number of hydrogen-bond donors (Lipinski definition) is 2. The van der Waals surface area contributed by atoms with Gasteiger partial charge in [-0.3, -0.25) is 9.71 Å². The molecule has 0 saturated heterocycles. The molecule has 0 spiro atoms. The van der Waals surface area contributed by atoms with Crippen molar-refractivity contribution in [3.63, 3.8) is 0 Å². The molecule has 2 aromatic carbocycles. The molecule has 7 nitrogen and oxygen atoms in total. The normalized spacial score (nSPS) is 11.5. The van der Waals surface area contributed by atoms with E-state index in [1.165, 1.54) is 6.33 Å². The van der Waals surface area contributed by atoms with Crippen LogP contribution in [0.25, 0.3) is 22.0 Å². The van der Waals surface area contributed by atoms with Gasteiger partial charge < -0.3 is 5.32 Å². The molecule has 0 saturated carbocycles. The van der Waals surface area contributed by atoms with E-state index in [-0.39, 0.29) is 17.3 Å². The lowest BCUT2D eigenvalue weighted by Gasteiger charge is -2.15. The molecule has 0 unspecified atom stereocenters. The Labute approximate surface area is 190 Å². The van der Waals surface area contributed by atoms with Crippen molar-refractivity contribution in [3.8, 4) is 11.1 Å². The third-order valence-electron chi connectivity index (χ3n) is 5.05. The zero-order valence-electron chi connectivity index (χ0n) is 17.9. The molecule has 2 heterocycles. The molecular formula is C23H21F2N5O2S. The lowest BCUT2D eigenvalue weighted by Crippen LogP contribution is -2.17. The van der Waals surface area contributed by atoms with E-state index in [0.29, 0.717) is 17.3 Å². The number of benzene rings is 2. The van der Waals surface area contributed by atoms with E-state index in [1.807, 2.05) is 31.2 Å². The topological polar surface area (TPSA) is 96.9 Å². The first-order valence-corrected chi connectivity index (χ1v) is 11.9. The number of halogens is 2. The van der Waals surface area contributed by atoms with Crippen LogP contribution >= 0.6 is 0 Å². The third kappa shape index (κ3) is 4.75. The maximum Gasteiger partial charge on any atom is 0.232 e. The highest BCUT2D eigenvalue weighted by molar-refractivity contribution is 7.92. The second-order valence-corrected chi connectivity index (χ2v) is 9.31. The summed E-state index contributed by atoms with van der Waals surface area (Å²) < 4.78 is 56.0. The van der Waals surface area contributed by atoms with Crippen molar-refractivity contribution in [2.45, 2.75) is 20.3 Å². The molecule has 170 valence electrons. The van der Waals surface area contributed by atoms with E-state index < -0.39 is 27.3 Å². The number of fused-ring (bicyclic) bond motifs is 1. The van der Waals surface area contributed by atoms with E-state index in [4.69, 9.17) is 0 Å². The molecule has 0 atom stereocenters. The Bertz CT molecular complexity index is 1430. The van der Waals surface area contributed by atoms with Gasteiger partial charge in [-0.05, 0) is 66.4 Å². The van der Waals surface area contributed by atoms with Crippen molar-refractivity contribution in [1.29, 1.82) is 0 Å². The number of anilines is 3. The quantitative estimate of drug-likeness (QED) is 0.387. The first kappa shape index (κ1) is 22.5. The van der Waals surface area contributed by atoms with Crippen LogP contribution in [0.3, 0.4) is 0 Å². The van der Waals surface area contributed by atoms with Gasteiger partial charge in [0, 0.05) is 17.8 Å². The number of sulfonamides is 1. The second kappa shape index (κ2) is 9.07. The fourth-order valence-electron chi connectivity index (χ4n) is 3.50. The predicted octanol–water partition coefficient (Wildman–Crippen LogP) is 5.17. The summed E-state index contributed by atoms with van der Waals surface area (Å²) in [5, 5.41) is 3.24. The zero-order valence-corrected chi connectivity index (χ0v) is 18.7. The van der Waals surface area contributed by atoms with Crippen molar-refractivity contribution >= 4 is 38.1 Å². The largest absolute Gasteiger partial charge is 0.335 e. The average molecular weight is 470 g/mol. The van der Waals surface area contributed by atoms with Gasteiger partial charge in [-0.2, -0.15) is 0 Å². The van der Waals surface area contributed by atoms with Gasteiger partial charge in [0.25, 0.3) is 0 Å². The fourth-order valence-corrected chi connectivity index (χ4v) is 4.63. The molecule has 4 aromatic rings. The highest BCUT2D eigenvalue weighted by Crippen LogP contribution is 2.34. The van der Waals surface area contributed by atoms with Gasteiger partial charge in [-0.25, -0.2) is 27.2 Å². The summed E-state index contributed by atoms with van der Waals surface area (Å²) >= 11 is 0. The molecule has 2 N–H and O–H groups in total. The monoisotopic (exact) mass is 469 g/mol. The molecule has 0 aliphatic carbocycles. The fraction of sp³-hybridized carbons (Fsp3) is 0.174. The van der Waals surface area contributed by atoms with Crippen LogP contribution in [0.5, 0.6) is 0 Å². The predicted molar refractivity (Wildman–Crippen MR) is 125 cm³/mol. The van der Waals surface area contributed by atoms with E-state index in [1.54, 1.807) is 19.3 Å². The Morgan fingerprint density at radius 3 is 2.52 bits per heavy atom. The number of nitrogens with zero attached hydrogens (tertiary/aromatic N) is 3. The molecule has 10 heteroatoms. The van der Waals surface area contributed by atoms with Crippen LogP contribution in [-0.2, 0) is 10.0 Å². The Morgan fingerprint density at radius 2 is 1.79 bits per heavy atom. The molecule has 0 aliphatic heterocycles. The summed E-state index contributed by atoms with van der Waals surface area (Å²) in [4.78, 5) is 12.5. The second-order valence-electron chi connectivity index (χ2n) is 7.47. The van der Waals surface area contributed by atoms with Crippen LogP contribution in [0, 0.1) is 18.6 Å². The SMILES string of the molecule is CCCS(=O)(=O)Nc1ccc(F)c(Nc2ncnc3cc(C)c(-c4ccncc4)cc23)c1F. The van der Waals surface area contributed by atoms with E-state index in [9.17, 15) is 12.8 Å². The molecule has 0 bridgehead atoms. The van der Waals surface area contributed by atoms with Gasteiger partial charge in [0.1, 0.15) is 23.6 Å². The van der Waals surface area contributed by atoms with Gasteiger partial charge in [0.2, 0.25) is 10.0 Å². The Morgan fingerprint density at radius 1 is 1.03 bits per heavy atom. The van der Waals surface area contributed by atoms with Crippen molar-refractivity contribution in [3.05, 3.63) is 72.3 Å². The lowest BCUT2D eigenvalue weighted by molar-refractivity contribution is 0.588. The number of nitrogens with one attached hydrogen (secondary N) is 2. The van der Waals surface area contributed by atoms with E-state index in [0.717, 1.165) is 28.8 Å². The van der Waals surface area contributed by atoms with Crippen molar-refractivity contribution in [2.24, 2.45) is 0 Å². The molecular weight excluding hydrogens is 448 g/mol. The van der Waals surface area contributed by atoms with Gasteiger partial charge in [-0.1, -0.05) is 6.92 Å². The van der Waals surface area contributed by atoms with E-state index >= 15 is 4.39 Å². The minimum Gasteiger partial charge on any atom is -0.335 e. The standard InChI is InChI=1S/C23H21F2N5O2S/c1-3-10-33(31,32)30-19-5-4-18(24)22(21(19)25)29-23-17-12-16(15-6-8-26-9-7-15)14(2)11-20(17)27-13-28-23/h4-9,11-13,30H,3,10H2,1-2H3,(H,27,28,29). The smallest absolute Gasteiger partial charge is 0.232 e. The molecule has 0 aliphatic rings. The average Bonchev–Trinajstić information content (AvgIpc) is 2.78. The van der Waals surface area contributed by atoms with Crippen molar-refractivity contribution in [2.75, 3.05) is 15.8 Å². The molecule has 33 heavy (non-hydrogen) atoms. The maximum absolute atomic E-state index is 15.1. The highest BCUT2D eigenvalue weighted by atomic mass is 32.2. The Hall–Kier alpha value is -3.66. The van der Waals surface area contributed by atoms with E-state index in [2.05, 4.69) is 25.0 Å². The van der Waals surface area contributed by atoms with Crippen LogP contribution in [-0.4, -0.2) is 29.1 Å². The summed E-state index contributed by atoms with van der Waals surface area (Å²) in [6, 6.07) is 9.45. The van der Waals surface area contributed by atoms with Crippen LogP contribution in [0.4, 0.5) is 26.0 Å². The van der Waals surface area contributed by atoms with Gasteiger partial charge in [-0.15, -0.1) is 0 Å². The third-order valence-corrected chi connectivity index (χ3v) is 6.52. The molecule has 0 amide bonds. The Kier molecular flexibility index (Phi) is 6.19. The first-order valence-electron chi connectivity index (χ1n) is 10.2. The minimum atomic E-state index is -3.76. The van der Waals surface area contributed by atoms with Crippen LogP contribution in [0.2, 0.25) is 0 Å². The summed E-state index contributed by atoms with van der Waals surface area (Å²) in [6.45, 7) is 3.63. The summed E-state index contributed by atoms with van der Waals surface area (Å²) in [5.74, 6) is -1.95. The van der Waals surface area contributed by atoms with Crippen molar-refractivity contribution in [1.82, 2.24) is 15.0 Å². The number of pyridine rings is 1. The molecule has 0 fully saturated rings. The van der Waals surface area contributed by atoms with Crippen LogP contribution in [0.15, 0.2) is 55.1 Å². The summed E-state index contributed by atoms with van der Waals surface area (Å²) in [5.41, 5.74) is 2.50. The van der Waals surface area contributed by atoms with Gasteiger partial charge in [0.05, 0.1) is 17.0 Å². The molecule has 2 aromatic heterocycles. The van der Waals surface area contributed by atoms with Gasteiger partial charge in [0.15, 0.2) is 5.82 Å². The highest BCUT2D eigenvalue weighted by Gasteiger charge is 2.19. The lowest BCUT2D eigenvalue weighted by atomic mass is 9.99. The summed E-state index contributed by atoms with van der Waals surface area (Å²) in [7, 11) is -3.76. The zero-order chi connectivity index (χ0) is 23.6. The first-order chi connectivity index (χ1) is 15.8.